The van der Waals surface area contributed by atoms with E-state index < -0.39 is 11.7 Å². The van der Waals surface area contributed by atoms with Crippen LogP contribution >= 0.6 is 0 Å². The summed E-state index contributed by atoms with van der Waals surface area (Å²) in [5.41, 5.74) is -0.329. The van der Waals surface area contributed by atoms with E-state index in [2.05, 4.69) is 0 Å². The van der Waals surface area contributed by atoms with Crippen molar-refractivity contribution in [2.45, 2.75) is 58.8 Å². The first-order chi connectivity index (χ1) is 13.2. The summed E-state index contributed by atoms with van der Waals surface area (Å²) in [6.07, 6.45) is 0.633. The number of aliphatic hydroxyl groups is 1. The fraction of sp³-hybridized carbons (Fsp3) is 0.524. The summed E-state index contributed by atoms with van der Waals surface area (Å²) in [7, 11) is 1.48. The molecule has 0 saturated carbocycles. The molecule has 0 aliphatic carbocycles. The zero-order valence-electron chi connectivity index (χ0n) is 16.8. The minimum atomic E-state index is -1.05. The fourth-order valence-corrected chi connectivity index (χ4v) is 3.18. The second kappa shape index (κ2) is 7.47. The summed E-state index contributed by atoms with van der Waals surface area (Å²) in [5.74, 6) is 0.577. The van der Waals surface area contributed by atoms with Crippen LogP contribution in [0.3, 0.4) is 0 Å². The number of hydrogen-bond donors (Lipinski definition) is 1. The topological polar surface area (TPSA) is 95.2 Å². The molecule has 0 spiro atoms. The average Bonchev–Trinajstić information content (AvgIpc) is 3.07. The summed E-state index contributed by atoms with van der Waals surface area (Å²) < 4.78 is 22.4. The van der Waals surface area contributed by atoms with Gasteiger partial charge >= 0.3 is 5.97 Å². The Morgan fingerprint density at radius 3 is 2.71 bits per heavy atom. The number of carbonyl (C=O) groups excluding carboxylic acids is 1. The summed E-state index contributed by atoms with van der Waals surface area (Å²) >= 11 is 0. The van der Waals surface area contributed by atoms with E-state index in [4.69, 9.17) is 18.6 Å². The smallest absolute Gasteiger partial charge is 0.309 e. The first-order valence-electron chi connectivity index (χ1n) is 9.38. The molecule has 1 aliphatic heterocycles. The van der Waals surface area contributed by atoms with Crippen LogP contribution in [0.5, 0.6) is 11.5 Å². The molecule has 0 saturated heterocycles. The molecule has 1 aromatic carbocycles. The van der Waals surface area contributed by atoms with E-state index in [9.17, 15) is 14.7 Å². The van der Waals surface area contributed by atoms with Crippen molar-refractivity contribution in [2.75, 3.05) is 7.11 Å². The number of rotatable bonds is 6. The van der Waals surface area contributed by atoms with Gasteiger partial charge in [0.25, 0.3) is 0 Å². The van der Waals surface area contributed by atoms with Gasteiger partial charge in [-0.2, -0.15) is 0 Å². The van der Waals surface area contributed by atoms with Gasteiger partial charge in [-0.1, -0.05) is 13.8 Å². The number of benzene rings is 1. The molecule has 0 radical (unpaired) electrons. The third kappa shape index (κ3) is 3.71. The summed E-state index contributed by atoms with van der Waals surface area (Å²) in [5, 5.41) is 10.6. The van der Waals surface area contributed by atoms with Gasteiger partial charge in [-0.25, -0.2) is 0 Å². The van der Waals surface area contributed by atoms with E-state index in [0.29, 0.717) is 29.7 Å². The molecule has 2 heterocycles. The van der Waals surface area contributed by atoms with Gasteiger partial charge in [0.2, 0.25) is 0 Å². The summed E-state index contributed by atoms with van der Waals surface area (Å²) in [6.45, 7) is 6.89. The quantitative estimate of drug-likeness (QED) is 0.758. The minimum Gasteiger partial charge on any atom is -0.495 e. The maximum absolute atomic E-state index is 12.7. The standard InChI is InChI=1S/C21H26O7/c1-6-11(2)20(23)26-10-12-7-14(22)18-16(27-12)9-15-13(19(18)25-5)8-17(28-15)21(3,4)24/h7,9,11,17,24H,6,8,10H2,1-5H3. The van der Waals surface area contributed by atoms with Crippen LogP contribution in [0.1, 0.15) is 45.4 Å². The summed E-state index contributed by atoms with van der Waals surface area (Å²) in [6, 6.07) is 2.94. The average molecular weight is 390 g/mol. The van der Waals surface area contributed by atoms with Gasteiger partial charge < -0.3 is 23.7 Å². The molecular weight excluding hydrogens is 364 g/mol. The van der Waals surface area contributed by atoms with Crippen LogP contribution in [0, 0.1) is 5.92 Å². The molecule has 7 nitrogen and oxygen atoms in total. The lowest BCUT2D eigenvalue weighted by Crippen LogP contribution is -2.39. The molecule has 28 heavy (non-hydrogen) atoms. The molecule has 152 valence electrons. The lowest BCUT2D eigenvalue weighted by atomic mass is 9.96. The Morgan fingerprint density at radius 2 is 2.11 bits per heavy atom. The van der Waals surface area contributed by atoms with Crippen LogP contribution in [0.25, 0.3) is 11.0 Å². The van der Waals surface area contributed by atoms with Gasteiger partial charge in [-0.05, 0) is 20.3 Å². The van der Waals surface area contributed by atoms with Crippen molar-refractivity contribution in [1.82, 2.24) is 0 Å². The van der Waals surface area contributed by atoms with Crippen molar-refractivity contribution in [2.24, 2.45) is 5.92 Å². The third-order valence-corrected chi connectivity index (χ3v) is 5.11. The maximum Gasteiger partial charge on any atom is 0.309 e. The second-order valence-electron chi connectivity index (χ2n) is 7.72. The van der Waals surface area contributed by atoms with Crippen LogP contribution in [0.15, 0.2) is 21.3 Å². The van der Waals surface area contributed by atoms with Gasteiger partial charge in [0.1, 0.15) is 40.9 Å². The molecule has 3 rings (SSSR count). The lowest BCUT2D eigenvalue weighted by molar-refractivity contribution is -0.149. The first-order valence-corrected chi connectivity index (χ1v) is 9.38. The minimum absolute atomic E-state index is 0.124. The molecule has 0 amide bonds. The molecule has 1 aliphatic rings. The van der Waals surface area contributed by atoms with Crippen LogP contribution in [0.2, 0.25) is 0 Å². The molecule has 0 bridgehead atoms. The second-order valence-corrected chi connectivity index (χ2v) is 7.72. The largest absolute Gasteiger partial charge is 0.495 e. The third-order valence-electron chi connectivity index (χ3n) is 5.11. The molecule has 7 heteroatoms. The van der Waals surface area contributed by atoms with Crippen LogP contribution < -0.4 is 14.9 Å². The van der Waals surface area contributed by atoms with E-state index >= 15 is 0 Å². The van der Waals surface area contributed by atoms with Gasteiger partial charge in [0.15, 0.2) is 5.43 Å². The molecule has 0 fully saturated rings. The highest BCUT2D eigenvalue weighted by atomic mass is 16.5. The zero-order chi connectivity index (χ0) is 20.6. The van der Waals surface area contributed by atoms with Gasteiger partial charge in [0.05, 0.1) is 18.6 Å². The SMILES string of the molecule is CCC(C)C(=O)OCc1cc(=O)c2c(OC)c3c(cc2o1)OC(C(C)(C)O)C3. The Labute approximate surface area is 163 Å². The number of fused-ring (bicyclic) bond motifs is 2. The first kappa shape index (κ1) is 20.2. The highest BCUT2D eigenvalue weighted by Gasteiger charge is 2.37. The van der Waals surface area contributed by atoms with Crippen LogP contribution in [0.4, 0.5) is 0 Å². The van der Waals surface area contributed by atoms with E-state index in [1.54, 1.807) is 26.8 Å². The number of carbonyl (C=O) groups is 1. The van der Waals surface area contributed by atoms with Crippen molar-refractivity contribution < 1.29 is 28.5 Å². The van der Waals surface area contributed by atoms with Gasteiger partial charge in [-0.15, -0.1) is 0 Å². The van der Waals surface area contributed by atoms with Gasteiger partial charge in [-0.3, -0.25) is 9.59 Å². The zero-order valence-corrected chi connectivity index (χ0v) is 16.8. The predicted molar refractivity (Wildman–Crippen MR) is 103 cm³/mol. The van der Waals surface area contributed by atoms with E-state index in [-0.39, 0.29) is 35.3 Å². The van der Waals surface area contributed by atoms with Crippen LogP contribution in [-0.4, -0.2) is 29.9 Å². The van der Waals surface area contributed by atoms with Crippen LogP contribution in [-0.2, 0) is 22.6 Å². The Balaban J connectivity index is 1.99. The van der Waals surface area contributed by atoms with E-state index in [0.717, 1.165) is 5.56 Å². The van der Waals surface area contributed by atoms with Crippen molar-refractivity contribution in [1.29, 1.82) is 0 Å². The molecule has 2 atom stereocenters. The Bertz CT molecular complexity index is 952. The van der Waals surface area contributed by atoms with E-state index in [1.165, 1.54) is 13.2 Å². The van der Waals surface area contributed by atoms with Crippen molar-refractivity contribution >= 4 is 16.9 Å². The van der Waals surface area contributed by atoms with E-state index in [1.807, 2.05) is 6.92 Å². The molecule has 1 aromatic heterocycles. The van der Waals surface area contributed by atoms with Gasteiger partial charge in [0, 0.05) is 24.1 Å². The Hall–Kier alpha value is -2.54. The number of hydrogen-bond acceptors (Lipinski definition) is 7. The van der Waals surface area contributed by atoms with Crippen molar-refractivity contribution in [3.05, 3.63) is 33.7 Å². The highest BCUT2D eigenvalue weighted by molar-refractivity contribution is 5.87. The monoisotopic (exact) mass is 390 g/mol. The Kier molecular flexibility index (Phi) is 5.39. The molecule has 2 aromatic rings. The number of methoxy groups -OCH3 is 1. The number of ether oxygens (including phenoxy) is 3. The molecule has 1 N–H and O–H groups in total. The lowest BCUT2D eigenvalue weighted by Gasteiger charge is -2.24. The molecule has 2 unspecified atom stereocenters. The van der Waals surface area contributed by atoms with Crippen molar-refractivity contribution in [3.63, 3.8) is 0 Å². The predicted octanol–water partition coefficient (Wildman–Crippen LogP) is 2.97. The van der Waals surface area contributed by atoms with Crippen molar-refractivity contribution in [3.8, 4) is 11.5 Å². The summed E-state index contributed by atoms with van der Waals surface area (Å²) in [4.78, 5) is 24.6. The highest BCUT2D eigenvalue weighted by Crippen LogP contribution is 2.42. The fourth-order valence-electron chi connectivity index (χ4n) is 3.18. The maximum atomic E-state index is 12.7. The normalized spacial score (nSPS) is 17.1. The number of esters is 1. The molecular formula is C21H26O7. The Morgan fingerprint density at radius 1 is 1.39 bits per heavy atom.